The molecule has 0 unspecified atom stereocenters. The first-order chi connectivity index (χ1) is 8.86. The third-order valence-electron chi connectivity index (χ3n) is 2.36. The van der Waals surface area contributed by atoms with Crippen molar-refractivity contribution >= 4 is 10.0 Å². The Morgan fingerprint density at radius 3 is 2.68 bits per heavy atom. The summed E-state index contributed by atoms with van der Waals surface area (Å²) in [5.41, 5.74) is 0. The molecular formula is C12H21NO5S. The molecule has 0 amide bonds. The van der Waals surface area contributed by atoms with Crippen molar-refractivity contribution in [2.75, 3.05) is 19.8 Å². The Hall–Kier alpha value is -0.890. The Morgan fingerprint density at radius 1 is 1.47 bits per heavy atom. The third kappa shape index (κ3) is 4.94. The lowest BCUT2D eigenvalue weighted by Gasteiger charge is -2.08. The van der Waals surface area contributed by atoms with Gasteiger partial charge in [-0.25, -0.2) is 13.1 Å². The topological polar surface area (TPSA) is 88.8 Å². The smallest absolute Gasteiger partial charge is 0.244 e. The van der Waals surface area contributed by atoms with Gasteiger partial charge in [0.2, 0.25) is 10.0 Å². The van der Waals surface area contributed by atoms with Crippen LogP contribution in [0.4, 0.5) is 0 Å². The van der Waals surface area contributed by atoms with Crippen LogP contribution < -0.4 is 4.72 Å². The lowest BCUT2D eigenvalue weighted by Crippen LogP contribution is -2.28. The summed E-state index contributed by atoms with van der Waals surface area (Å²) in [6, 6.07) is 1.33. The second-order valence-electron chi connectivity index (χ2n) is 4.66. The highest BCUT2D eigenvalue weighted by Crippen LogP contribution is 2.19. The number of rotatable bonds is 8. The normalized spacial score (nSPS) is 12.3. The van der Waals surface area contributed by atoms with Crippen LogP contribution in [-0.4, -0.2) is 33.3 Å². The molecule has 0 aliphatic rings. The van der Waals surface area contributed by atoms with E-state index in [0.29, 0.717) is 19.1 Å². The van der Waals surface area contributed by atoms with Crippen molar-refractivity contribution in [3.8, 4) is 0 Å². The lowest BCUT2D eigenvalue weighted by atomic mass is 10.2. The van der Waals surface area contributed by atoms with Gasteiger partial charge in [0.05, 0.1) is 6.61 Å². The van der Waals surface area contributed by atoms with E-state index in [1.807, 2.05) is 13.8 Å². The van der Waals surface area contributed by atoms with Crippen LogP contribution in [-0.2, 0) is 21.4 Å². The molecule has 0 bridgehead atoms. The largest absolute Gasteiger partial charge is 0.462 e. The molecule has 0 saturated carbocycles. The van der Waals surface area contributed by atoms with Gasteiger partial charge in [0.25, 0.3) is 0 Å². The first-order valence-electron chi connectivity index (χ1n) is 6.14. The zero-order valence-electron chi connectivity index (χ0n) is 11.5. The molecule has 2 N–H and O–H groups in total. The number of hydrogen-bond donors (Lipinski definition) is 2. The standard InChI is InChI=1S/C12H21NO5S/c1-9(2)8-17-5-4-13-19(15,16)12-6-11(7-14)18-10(12)3/h6,9,13-14H,4-5,7-8H2,1-3H3. The van der Waals surface area contributed by atoms with Crippen molar-refractivity contribution in [3.05, 3.63) is 17.6 Å². The molecule has 1 aromatic heterocycles. The second kappa shape index (κ2) is 7.04. The third-order valence-corrected chi connectivity index (χ3v) is 3.93. The van der Waals surface area contributed by atoms with Crippen LogP contribution in [0.2, 0.25) is 0 Å². The zero-order valence-corrected chi connectivity index (χ0v) is 12.3. The van der Waals surface area contributed by atoms with Crippen molar-refractivity contribution in [1.82, 2.24) is 4.72 Å². The number of aliphatic hydroxyl groups excluding tert-OH is 1. The zero-order chi connectivity index (χ0) is 14.5. The maximum absolute atomic E-state index is 12.0. The van der Waals surface area contributed by atoms with Gasteiger partial charge in [0.1, 0.15) is 23.0 Å². The molecule has 0 aromatic carbocycles. The van der Waals surface area contributed by atoms with Gasteiger partial charge < -0.3 is 14.3 Å². The quantitative estimate of drug-likeness (QED) is 0.698. The highest BCUT2D eigenvalue weighted by Gasteiger charge is 2.20. The molecule has 0 aliphatic heterocycles. The minimum absolute atomic E-state index is 0.0559. The molecule has 19 heavy (non-hydrogen) atoms. The Bertz CT molecular complexity index is 492. The highest BCUT2D eigenvalue weighted by molar-refractivity contribution is 7.89. The van der Waals surface area contributed by atoms with Gasteiger partial charge in [-0.2, -0.15) is 0 Å². The van der Waals surface area contributed by atoms with Crippen LogP contribution in [0.15, 0.2) is 15.4 Å². The van der Waals surface area contributed by atoms with Crippen LogP contribution in [0.1, 0.15) is 25.4 Å². The van der Waals surface area contributed by atoms with E-state index in [2.05, 4.69) is 4.72 Å². The fourth-order valence-electron chi connectivity index (χ4n) is 1.51. The minimum atomic E-state index is -3.62. The second-order valence-corrected chi connectivity index (χ2v) is 6.39. The Kier molecular flexibility index (Phi) is 5.99. The monoisotopic (exact) mass is 291 g/mol. The predicted octanol–water partition coefficient (Wildman–Crippen LogP) is 1.03. The van der Waals surface area contributed by atoms with Crippen molar-refractivity contribution in [2.45, 2.75) is 32.3 Å². The maximum Gasteiger partial charge on any atom is 0.244 e. The number of ether oxygens (including phenoxy) is 1. The van der Waals surface area contributed by atoms with E-state index >= 15 is 0 Å². The lowest BCUT2D eigenvalue weighted by molar-refractivity contribution is 0.114. The summed E-state index contributed by atoms with van der Waals surface area (Å²) >= 11 is 0. The first-order valence-corrected chi connectivity index (χ1v) is 7.62. The Labute approximate surface area is 113 Å². The summed E-state index contributed by atoms with van der Waals surface area (Å²) in [4.78, 5) is 0.0559. The van der Waals surface area contributed by atoms with Crippen LogP contribution >= 0.6 is 0 Å². The van der Waals surface area contributed by atoms with Gasteiger partial charge >= 0.3 is 0 Å². The number of aryl methyl sites for hydroxylation is 1. The van der Waals surface area contributed by atoms with Crippen molar-refractivity contribution < 1.29 is 22.7 Å². The molecule has 0 fully saturated rings. The average Bonchev–Trinajstić information content (AvgIpc) is 2.70. The highest BCUT2D eigenvalue weighted by atomic mass is 32.2. The molecule has 110 valence electrons. The van der Waals surface area contributed by atoms with E-state index in [1.165, 1.54) is 6.07 Å². The first kappa shape index (κ1) is 16.2. The van der Waals surface area contributed by atoms with E-state index in [0.717, 1.165) is 0 Å². The van der Waals surface area contributed by atoms with Crippen molar-refractivity contribution in [3.63, 3.8) is 0 Å². The van der Waals surface area contributed by atoms with Crippen LogP contribution in [0, 0.1) is 12.8 Å². The summed E-state index contributed by atoms with van der Waals surface area (Å²) in [7, 11) is -3.62. The van der Waals surface area contributed by atoms with Crippen LogP contribution in [0.5, 0.6) is 0 Å². The molecule has 7 heteroatoms. The van der Waals surface area contributed by atoms with E-state index in [1.54, 1.807) is 6.92 Å². The predicted molar refractivity (Wildman–Crippen MR) is 70.2 cm³/mol. The number of hydrogen-bond acceptors (Lipinski definition) is 5. The van der Waals surface area contributed by atoms with Gasteiger partial charge in [0, 0.05) is 19.2 Å². The van der Waals surface area contributed by atoms with Crippen molar-refractivity contribution in [2.24, 2.45) is 5.92 Å². The van der Waals surface area contributed by atoms with E-state index in [4.69, 9.17) is 14.3 Å². The van der Waals surface area contributed by atoms with Gasteiger partial charge in [-0.3, -0.25) is 0 Å². The van der Waals surface area contributed by atoms with Gasteiger partial charge in [-0.1, -0.05) is 13.8 Å². The van der Waals surface area contributed by atoms with Crippen LogP contribution in [0.3, 0.4) is 0 Å². The summed E-state index contributed by atoms with van der Waals surface area (Å²) in [5.74, 6) is 0.911. The molecule has 1 heterocycles. The van der Waals surface area contributed by atoms with Gasteiger partial charge in [0.15, 0.2) is 0 Å². The number of nitrogens with one attached hydrogen (secondary N) is 1. The Balaban J connectivity index is 2.53. The molecule has 0 aliphatic carbocycles. The summed E-state index contributed by atoms with van der Waals surface area (Å²) in [6.45, 7) is 6.39. The molecule has 1 rings (SSSR count). The minimum Gasteiger partial charge on any atom is -0.462 e. The molecule has 0 radical (unpaired) electrons. The molecule has 0 spiro atoms. The summed E-state index contributed by atoms with van der Waals surface area (Å²) in [5, 5.41) is 8.91. The van der Waals surface area contributed by atoms with Gasteiger partial charge in [-0.15, -0.1) is 0 Å². The van der Waals surface area contributed by atoms with E-state index < -0.39 is 10.0 Å². The van der Waals surface area contributed by atoms with E-state index in [-0.39, 0.29) is 29.6 Å². The maximum atomic E-state index is 12.0. The average molecular weight is 291 g/mol. The molecule has 0 atom stereocenters. The molecule has 1 aromatic rings. The molecule has 0 saturated heterocycles. The van der Waals surface area contributed by atoms with Crippen molar-refractivity contribution in [1.29, 1.82) is 0 Å². The number of sulfonamides is 1. The van der Waals surface area contributed by atoms with Gasteiger partial charge in [-0.05, 0) is 12.8 Å². The van der Waals surface area contributed by atoms with E-state index in [9.17, 15) is 8.42 Å². The summed E-state index contributed by atoms with van der Waals surface area (Å²) < 4.78 is 36.8. The SMILES string of the molecule is Cc1oc(CO)cc1S(=O)(=O)NCCOCC(C)C. The fourth-order valence-corrected chi connectivity index (χ4v) is 2.73. The summed E-state index contributed by atoms with van der Waals surface area (Å²) in [6.07, 6.45) is 0. The Morgan fingerprint density at radius 2 is 2.16 bits per heavy atom. The molecular weight excluding hydrogens is 270 g/mol. The van der Waals surface area contributed by atoms with Crippen LogP contribution in [0.25, 0.3) is 0 Å². The number of aliphatic hydroxyl groups is 1. The number of furan rings is 1. The molecule has 6 nitrogen and oxygen atoms in total. The fraction of sp³-hybridized carbons (Fsp3) is 0.667.